The monoisotopic (exact) mass is 304 g/mol. The van der Waals surface area contributed by atoms with E-state index in [1.54, 1.807) is 0 Å². The average Bonchev–Trinajstić information content (AvgIpc) is 2.60. The van der Waals surface area contributed by atoms with Crippen LogP contribution in [0.4, 0.5) is 0 Å². The first-order chi connectivity index (χ1) is 11.1. The summed E-state index contributed by atoms with van der Waals surface area (Å²) in [4.78, 5) is 0. The predicted molar refractivity (Wildman–Crippen MR) is 101 cm³/mol. The Morgan fingerprint density at radius 1 is 0.826 bits per heavy atom. The van der Waals surface area contributed by atoms with Crippen LogP contribution >= 0.6 is 0 Å². The van der Waals surface area contributed by atoms with E-state index in [1.807, 2.05) is 0 Å². The van der Waals surface area contributed by atoms with Gasteiger partial charge in [0, 0.05) is 0 Å². The molecule has 23 heavy (non-hydrogen) atoms. The highest BCUT2D eigenvalue weighted by molar-refractivity contribution is 5.69. The Bertz CT molecular complexity index is 683. The van der Waals surface area contributed by atoms with Crippen molar-refractivity contribution in [2.45, 2.75) is 52.4 Å². The maximum Gasteiger partial charge on any atom is -0.0152 e. The number of benzene rings is 2. The molecule has 0 aromatic heterocycles. The summed E-state index contributed by atoms with van der Waals surface area (Å²) in [6.45, 7) is 10.6. The molecule has 0 nitrogen and oxygen atoms in total. The van der Waals surface area contributed by atoms with Crippen LogP contribution in [0.3, 0.4) is 0 Å². The third kappa shape index (κ3) is 3.27. The fraction of sp³-hybridized carbons (Fsp3) is 0.391. The largest absolute Gasteiger partial charge is 0.103 e. The van der Waals surface area contributed by atoms with Gasteiger partial charge < -0.3 is 0 Å². The Morgan fingerprint density at radius 3 is 2.09 bits per heavy atom. The zero-order valence-electron chi connectivity index (χ0n) is 14.7. The van der Waals surface area contributed by atoms with Gasteiger partial charge in [0.25, 0.3) is 0 Å². The second-order valence-electron chi connectivity index (χ2n) is 7.15. The Balaban J connectivity index is 1.80. The van der Waals surface area contributed by atoms with Crippen molar-refractivity contribution in [2.24, 2.45) is 5.92 Å². The molecule has 0 heteroatoms. The van der Waals surface area contributed by atoms with Crippen molar-refractivity contribution in [3.63, 3.8) is 0 Å². The van der Waals surface area contributed by atoms with E-state index in [-0.39, 0.29) is 0 Å². The molecule has 0 N–H and O–H groups in total. The molecule has 0 unspecified atom stereocenters. The number of allylic oxidation sites excluding steroid dienone is 1. The lowest BCUT2D eigenvalue weighted by molar-refractivity contribution is 0.376. The number of aryl methyl sites for hydroxylation is 1. The Labute approximate surface area is 141 Å². The van der Waals surface area contributed by atoms with Crippen molar-refractivity contribution in [3.05, 3.63) is 71.3 Å². The molecule has 0 spiro atoms. The normalized spacial score (nSPS) is 21.2. The summed E-state index contributed by atoms with van der Waals surface area (Å²) in [6, 6.07) is 13.8. The molecule has 2 aromatic carbocycles. The van der Waals surface area contributed by atoms with Gasteiger partial charge in [-0.2, -0.15) is 0 Å². The van der Waals surface area contributed by atoms with Crippen LogP contribution in [0, 0.1) is 26.7 Å². The van der Waals surface area contributed by atoms with Gasteiger partial charge in [0.2, 0.25) is 0 Å². The van der Waals surface area contributed by atoms with Gasteiger partial charge in [-0.3, -0.25) is 0 Å². The van der Waals surface area contributed by atoms with E-state index in [0.717, 1.165) is 11.8 Å². The summed E-state index contributed by atoms with van der Waals surface area (Å²) in [7, 11) is 0. The van der Waals surface area contributed by atoms with Gasteiger partial charge >= 0.3 is 0 Å². The molecule has 0 heterocycles. The molecule has 0 amide bonds. The highest BCUT2D eigenvalue weighted by atomic mass is 14.3. The molecule has 0 aliphatic heterocycles. The first kappa shape index (κ1) is 16.1. The van der Waals surface area contributed by atoms with Crippen molar-refractivity contribution in [3.8, 4) is 11.1 Å². The lowest BCUT2D eigenvalue weighted by Gasteiger charge is -2.27. The second kappa shape index (κ2) is 6.74. The van der Waals surface area contributed by atoms with Crippen LogP contribution in [0.1, 0.15) is 53.9 Å². The lowest BCUT2D eigenvalue weighted by atomic mass is 9.78. The molecule has 120 valence electrons. The minimum Gasteiger partial charge on any atom is -0.103 e. The van der Waals surface area contributed by atoms with Crippen LogP contribution in [-0.2, 0) is 0 Å². The quantitative estimate of drug-likeness (QED) is 0.551. The van der Waals surface area contributed by atoms with E-state index < -0.39 is 0 Å². The first-order valence-corrected chi connectivity index (χ1v) is 8.90. The van der Waals surface area contributed by atoms with E-state index in [9.17, 15) is 0 Å². The van der Waals surface area contributed by atoms with Gasteiger partial charge in [-0.1, -0.05) is 42.5 Å². The fourth-order valence-electron chi connectivity index (χ4n) is 3.89. The smallest absolute Gasteiger partial charge is 0.0152 e. The van der Waals surface area contributed by atoms with Gasteiger partial charge in [-0.25, -0.2) is 0 Å². The van der Waals surface area contributed by atoms with Gasteiger partial charge in [-0.05, 0) is 91.7 Å². The van der Waals surface area contributed by atoms with Gasteiger partial charge in [0.15, 0.2) is 0 Å². The lowest BCUT2D eigenvalue weighted by Crippen LogP contribution is -2.11. The maximum absolute atomic E-state index is 3.95. The van der Waals surface area contributed by atoms with Gasteiger partial charge in [0.05, 0.1) is 0 Å². The summed E-state index contributed by atoms with van der Waals surface area (Å²) in [5.41, 5.74) is 8.42. The molecule has 0 saturated heterocycles. The van der Waals surface area contributed by atoms with Crippen molar-refractivity contribution in [1.29, 1.82) is 0 Å². The molecule has 0 bridgehead atoms. The predicted octanol–water partition coefficient (Wildman–Crippen LogP) is 6.74. The van der Waals surface area contributed by atoms with Crippen LogP contribution in [0.25, 0.3) is 11.1 Å². The van der Waals surface area contributed by atoms with Gasteiger partial charge in [0.1, 0.15) is 0 Å². The topological polar surface area (TPSA) is 0 Å². The molecule has 0 atom stereocenters. The van der Waals surface area contributed by atoms with Crippen molar-refractivity contribution in [1.82, 2.24) is 0 Å². The van der Waals surface area contributed by atoms with E-state index >= 15 is 0 Å². The molecule has 3 rings (SSSR count). The van der Waals surface area contributed by atoms with E-state index in [4.69, 9.17) is 0 Å². The summed E-state index contributed by atoms with van der Waals surface area (Å²) in [5, 5.41) is 0. The van der Waals surface area contributed by atoms with Crippen molar-refractivity contribution < 1.29 is 0 Å². The third-order valence-corrected chi connectivity index (χ3v) is 5.86. The molecule has 2 aromatic rings. The standard InChI is InChI=1S/C23H28/c1-5-19-7-9-20(10-8-19)21-11-13-22(14-12-21)23-15-6-16(2)17(3)18(23)4/h5-6,11-15,19-20H,1,7-10H2,2-4H3. The highest BCUT2D eigenvalue weighted by Gasteiger charge is 2.20. The van der Waals surface area contributed by atoms with Crippen LogP contribution in [0.15, 0.2) is 49.1 Å². The van der Waals surface area contributed by atoms with E-state index in [1.165, 1.54) is 59.1 Å². The van der Waals surface area contributed by atoms with E-state index in [2.05, 4.69) is 69.8 Å². The maximum atomic E-state index is 3.95. The molecule has 1 aliphatic carbocycles. The number of hydrogen-bond acceptors (Lipinski definition) is 0. The van der Waals surface area contributed by atoms with Crippen LogP contribution in [0.5, 0.6) is 0 Å². The zero-order chi connectivity index (χ0) is 16.4. The Morgan fingerprint density at radius 2 is 1.48 bits per heavy atom. The second-order valence-corrected chi connectivity index (χ2v) is 7.15. The Hall–Kier alpha value is -1.82. The minimum absolute atomic E-state index is 0.737. The SMILES string of the molecule is C=CC1CCC(c2ccc(-c3ccc(C)c(C)c3C)cc2)CC1. The molecular weight excluding hydrogens is 276 g/mol. The molecule has 1 saturated carbocycles. The van der Waals surface area contributed by atoms with Crippen LogP contribution < -0.4 is 0 Å². The number of rotatable bonds is 3. The molecule has 1 fully saturated rings. The highest BCUT2D eigenvalue weighted by Crippen LogP contribution is 2.37. The summed E-state index contributed by atoms with van der Waals surface area (Å²) in [6.07, 6.45) is 7.34. The summed E-state index contributed by atoms with van der Waals surface area (Å²) in [5.74, 6) is 1.48. The van der Waals surface area contributed by atoms with Gasteiger partial charge in [-0.15, -0.1) is 6.58 Å². The summed E-state index contributed by atoms with van der Waals surface area (Å²) < 4.78 is 0. The third-order valence-electron chi connectivity index (χ3n) is 5.86. The molecule has 1 aliphatic rings. The van der Waals surface area contributed by atoms with Crippen LogP contribution in [-0.4, -0.2) is 0 Å². The van der Waals surface area contributed by atoms with Crippen molar-refractivity contribution in [2.75, 3.05) is 0 Å². The zero-order valence-corrected chi connectivity index (χ0v) is 14.7. The van der Waals surface area contributed by atoms with Crippen molar-refractivity contribution >= 4 is 0 Å². The van der Waals surface area contributed by atoms with E-state index in [0.29, 0.717) is 0 Å². The molecular formula is C23H28. The fourth-order valence-corrected chi connectivity index (χ4v) is 3.89. The minimum atomic E-state index is 0.737. The average molecular weight is 304 g/mol. The van der Waals surface area contributed by atoms with Crippen LogP contribution in [0.2, 0.25) is 0 Å². The number of hydrogen-bond donors (Lipinski definition) is 0. The Kier molecular flexibility index (Phi) is 4.71. The molecule has 0 radical (unpaired) electrons. The summed E-state index contributed by atoms with van der Waals surface area (Å²) >= 11 is 0. The first-order valence-electron chi connectivity index (χ1n) is 8.90.